The molecule has 0 bridgehead atoms. The average Bonchev–Trinajstić information content (AvgIpc) is 2.67. The summed E-state index contributed by atoms with van der Waals surface area (Å²) in [6.45, 7) is 3.97. The third-order valence-electron chi connectivity index (χ3n) is 4.05. The van der Waals surface area contributed by atoms with Gasteiger partial charge in [-0.05, 0) is 25.1 Å². The van der Waals surface area contributed by atoms with Crippen LogP contribution in [0.15, 0.2) is 42.5 Å². The molecule has 6 heteroatoms. The summed E-state index contributed by atoms with van der Waals surface area (Å²) in [6, 6.07) is 5.12. The van der Waals surface area contributed by atoms with E-state index in [0.717, 1.165) is 0 Å². The van der Waals surface area contributed by atoms with E-state index in [1.165, 1.54) is 7.11 Å². The smallest absolute Gasteiger partial charge is 0.254 e. The first-order valence-electron chi connectivity index (χ1n) is 8.20. The molecular formula is C19H24N2O4. The largest absolute Gasteiger partial charge is 0.493 e. The minimum Gasteiger partial charge on any atom is -0.493 e. The van der Waals surface area contributed by atoms with Gasteiger partial charge in [0.25, 0.3) is 5.91 Å². The highest BCUT2D eigenvalue weighted by Crippen LogP contribution is 2.28. The molecule has 25 heavy (non-hydrogen) atoms. The standard InChI is InChI=1S/C19H24N2O4/c1-4-5-6-7-18(22)20-10-12-21(13-11-20)19(23)15-8-9-16(24-2)17(14-15)25-3/h4-9,14H,10-13H2,1-3H3/b5-4+,7-6+. The fourth-order valence-corrected chi connectivity index (χ4v) is 2.64. The second-order valence-electron chi connectivity index (χ2n) is 5.57. The lowest BCUT2D eigenvalue weighted by Crippen LogP contribution is -2.50. The third-order valence-corrected chi connectivity index (χ3v) is 4.05. The van der Waals surface area contributed by atoms with Gasteiger partial charge in [0, 0.05) is 37.8 Å². The first-order valence-corrected chi connectivity index (χ1v) is 8.20. The number of benzene rings is 1. The molecule has 1 fully saturated rings. The Hall–Kier alpha value is -2.76. The Morgan fingerprint density at radius 2 is 1.60 bits per heavy atom. The van der Waals surface area contributed by atoms with Crippen LogP contribution in [0.25, 0.3) is 0 Å². The van der Waals surface area contributed by atoms with Crippen LogP contribution in [0, 0.1) is 0 Å². The highest BCUT2D eigenvalue weighted by Gasteiger charge is 2.24. The lowest BCUT2D eigenvalue weighted by Gasteiger charge is -2.34. The molecule has 134 valence electrons. The van der Waals surface area contributed by atoms with Crippen molar-refractivity contribution in [3.63, 3.8) is 0 Å². The topological polar surface area (TPSA) is 59.1 Å². The van der Waals surface area contributed by atoms with Crippen LogP contribution in [0.1, 0.15) is 17.3 Å². The van der Waals surface area contributed by atoms with Crippen LogP contribution < -0.4 is 9.47 Å². The molecule has 6 nitrogen and oxygen atoms in total. The molecule has 1 aliphatic heterocycles. The summed E-state index contributed by atoms with van der Waals surface area (Å²) in [5.41, 5.74) is 0.547. The molecule has 1 aromatic rings. The number of nitrogens with zero attached hydrogens (tertiary/aromatic N) is 2. The van der Waals surface area contributed by atoms with Gasteiger partial charge in [-0.15, -0.1) is 0 Å². The normalized spacial score (nSPS) is 15.0. The van der Waals surface area contributed by atoms with E-state index in [1.807, 2.05) is 19.1 Å². The highest BCUT2D eigenvalue weighted by atomic mass is 16.5. The summed E-state index contributed by atoms with van der Waals surface area (Å²) in [5, 5.41) is 0. The molecule has 0 spiro atoms. The van der Waals surface area contributed by atoms with Crippen molar-refractivity contribution < 1.29 is 19.1 Å². The number of piperazine rings is 1. The van der Waals surface area contributed by atoms with Gasteiger partial charge in [-0.2, -0.15) is 0 Å². The molecule has 2 rings (SSSR count). The fourth-order valence-electron chi connectivity index (χ4n) is 2.64. The number of allylic oxidation sites excluding steroid dienone is 3. The summed E-state index contributed by atoms with van der Waals surface area (Å²) < 4.78 is 10.4. The number of amides is 2. The Kier molecular flexibility index (Phi) is 6.62. The summed E-state index contributed by atoms with van der Waals surface area (Å²) in [5.74, 6) is 1.01. The van der Waals surface area contributed by atoms with Crippen molar-refractivity contribution in [2.75, 3.05) is 40.4 Å². The van der Waals surface area contributed by atoms with E-state index < -0.39 is 0 Å². The molecule has 0 aromatic heterocycles. The second kappa shape index (κ2) is 8.92. The van der Waals surface area contributed by atoms with Crippen molar-refractivity contribution in [2.24, 2.45) is 0 Å². The van der Waals surface area contributed by atoms with Gasteiger partial charge in [0.2, 0.25) is 5.91 Å². The molecule has 0 atom stereocenters. The van der Waals surface area contributed by atoms with Crippen molar-refractivity contribution >= 4 is 11.8 Å². The van der Waals surface area contributed by atoms with Crippen LogP contribution in [-0.2, 0) is 4.79 Å². The van der Waals surface area contributed by atoms with E-state index in [0.29, 0.717) is 43.2 Å². The van der Waals surface area contributed by atoms with Gasteiger partial charge < -0.3 is 19.3 Å². The van der Waals surface area contributed by atoms with Gasteiger partial charge in [-0.3, -0.25) is 9.59 Å². The SMILES string of the molecule is C/C=C/C=C/C(=O)N1CCN(C(=O)c2ccc(OC)c(OC)c2)CC1. The van der Waals surface area contributed by atoms with Crippen LogP contribution in [0.4, 0.5) is 0 Å². The van der Waals surface area contributed by atoms with E-state index in [1.54, 1.807) is 47.3 Å². The zero-order chi connectivity index (χ0) is 18.2. The first-order chi connectivity index (χ1) is 12.1. The number of rotatable bonds is 5. The summed E-state index contributed by atoms with van der Waals surface area (Å²) in [4.78, 5) is 28.2. The zero-order valence-electron chi connectivity index (χ0n) is 14.9. The van der Waals surface area contributed by atoms with Gasteiger partial charge in [-0.1, -0.05) is 18.2 Å². The molecular weight excluding hydrogens is 320 g/mol. The zero-order valence-corrected chi connectivity index (χ0v) is 14.9. The molecule has 1 aromatic carbocycles. The molecule has 0 N–H and O–H groups in total. The monoisotopic (exact) mass is 344 g/mol. The van der Waals surface area contributed by atoms with E-state index in [-0.39, 0.29) is 11.8 Å². The minimum absolute atomic E-state index is 0.0312. The van der Waals surface area contributed by atoms with Gasteiger partial charge in [0.1, 0.15) is 0 Å². The Morgan fingerprint density at radius 1 is 0.960 bits per heavy atom. The van der Waals surface area contributed by atoms with E-state index >= 15 is 0 Å². The second-order valence-corrected chi connectivity index (χ2v) is 5.57. The maximum atomic E-state index is 12.7. The van der Waals surface area contributed by atoms with E-state index in [9.17, 15) is 9.59 Å². The van der Waals surface area contributed by atoms with Crippen molar-refractivity contribution in [1.82, 2.24) is 9.80 Å². The summed E-state index contributed by atoms with van der Waals surface area (Å²) >= 11 is 0. The molecule has 0 aliphatic carbocycles. The average molecular weight is 344 g/mol. The quantitative estimate of drug-likeness (QED) is 0.606. The van der Waals surface area contributed by atoms with Crippen molar-refractivity contribution in [2.45, 2.75) is 6.92 Å². The third kappa shape index (κ3) is 4.62. The van der Waals surface area contributed by atoms with E-state index in [4.69, 9.17) is 9.47 Å². The predicted octanol–water partition coefficient (Wildman–Crippen LogP) is 2.12. The van der Waals surface area contributed by atoms with Gasteiger partial charge in [0.15, 0.2) is 11.5 Å². The van der Waals surface area contributed by atoms with Crippen LogP contribution in [0.2, 0.25) is 0 Å². The predicted molar refractivity (Wildman–Crippen MR) is 96.0 cm³/mol. The van der Waals surface area contributed by atoms with Crippen LogP contribution >= 0.6 is 0 Å². The van der Waals surface area contributed by atoms with Gasteiger partial charge >= 0.3 is 0 Å². The number of hydrogen-bond donors (Lipinski definition) is 0. The van der Waals surface area contributed by atoms with E-state index in [2.05, 4.69) is 0 Å². The van der Waals surface area contributed by atoms with Crippen LogP contribution in [0.3, 0.4) is 0 Å². The fraction of sp³-hybridized carbons (Fsp3) is 0.368. The van der Waals surface area contributed by atoms with Gasteiger partial charge in [-0.25, -0.2) is 0 Å². The first kappa shape index (κ1) is 18.6. The lowest BCUT2D eigenvalue weighted by atomic mass is 10.1. The molecule has 0 radical (unpaired) electrons. The Labute approximate surface area is 148 Å². The number of methoxy groups -OCH3 is 2. The lowest BCUT2D eigenvalue weighted by molar-refractivity contribution is -0.127. The maximum Gasteiger partial charge on any atom is 0.254 e. The Bertz CT molecular complexity index is 674. The molecule has 0 saturated carbocycles. The molecule has 1 aliphatic rings. The summed E-state index contributed by atoms with van der Waals surface area (Å²) in [7, 11) is 3.10. The maximum absolute atomic E-state index is 12.7. The molecule has 1 saturated heterocycles. The Morgan fingerprint density at radius 3 is 2.20 bits per heavy atom. The molecule has 2 amide bonds. The van der Waals surface area contributed by atoms with Crippen LogP contribution in [0.5, 0.6) is 11.5 Å². The Balaban J connectivity index is 1.98. The number of hydrogen-bond acceptors (Lipinski definition) is 4. The van der Waals surface area contributed by atoms with Gasteiger partial charge in [0.05, 0.1) is 14.2 Å². The number of carbonyl (C=O) groups excluding carboxylic acids is 2. The number of ether oxygens (including phenoxy) is 2. The molecule has 0 unspecified atom stereocenters. The molecule has 1 heterocycles. The minimum atomic E-state index is -0.0717. The van der Waals surface area contributed by atoms with Crippen molar-refractivity contribution in [1.29, 1.82) is 0 Å². The number of carbonyl (C=O) groups is 2. The van der Waals surface area contributed by atoms with Crippen molar-refractivity contribution in [3.8, 4) is 11.5 Å². The van der Waals surface area contributed by atoms with Crippen molar-refractivity contribution in [3.05, 3.63) is 48.1 Å². The highest BCUT2D eigenvalue weighted by molar-refractivity contribution is 5.95. The summed E-state index contributed by atoms with van der Waals surface area (Å²) in [6.07, 6.45) is 6.95. The van der Waals surface area contributed by atoms with Crippen LogP contribution in [-0.4, -0.2) is 62.0 Å².